The zero-order valence-corrected chi connectivity index (χ0v) is 15.1. The number of esters is 2. The van der Waals surface area contributed by atoms with Gasteiger partial charge in [-0.1, -0.05) is 0 Å². The maximum atomic E-state index is 12.1. The molecule has 0 amide bonds. The van der Waals surface area contributed by atoms with Gasteiger partial charge in [0.2, 0.25) is 5.01 Å². The van der Waals surface area contributed by atoms with Gasteiger partial charge in [0, 0.05) is 29.6 Å². The van der Waals surface area contributed by atoms with Gasteiger partial charge in [0.05, 0.1) is 18.5 Å². The van der Waals surface area contributed by atoms with Crippen LogP contribution in [0.1, 0.15) is 32.9 Å². The summed E-state index contributed by atoms with van der Waals surface area (Å²) in [5, 5.41) is 8.29. The molecule has 0 aliphatic carbocycles. The molecule has 3 heterocycles. The Hall–Kier alpha value is -2.59. The van der Waals surface area contributed by atoms with Crippen molar-refractivity contribution in [3.8, 4) is 10.6 Å². The van der Waals surface area contributed by atoms with E-state index in [0.29, 0.717) is 10.7 Å². The Bertz CT molecular complexity index is 899. The molecule has 0 spiro atoms. The van der Waals surface area contributed by atoms with Crippen molar-refractivity contribution < 1.29 is 19.1 Å². The Labute approximate surface area is 151 Å². The smallest absolute Gasteiger partial charge is 0.367 e. The number of thiazole rings is 2. The van der Waals surface area contributed by atoms with Gasteiger partial charge < -0.3 is 9.47 Å². The number of aryl methyl sites for hydroxylation is 1. The number of hydrogen-bond donors (Lipinski definition) is 0. The van der Waals surface area contributed by atoms with E-state index in [0.717, 1.165) is 16.9 Å². The van der Waals surface area contributed by atoms with Gasteiger partial charge in [-0.15, -0.1) is 22.7 Å². The first-order valence-electron chi connectivity index (χ1n) is 7.30. The Kier molecular flexibility index (Phi) is 5.19. The minimum absolute atomic E-state index is 0.0332. The molecular weight excluding hydrogens is 364 g/mol. The second-order valence-corrected chi connectivity index (χ2v) is 6.60. The van der Waals surface area contributed by atoms with Crippen molar-refractivity contribution >= 4 is 34.6 Å². The summed E-state index contributed by atoms with van der Waals surface area (Å²) in [7, 11) is 1.81. The maximum Gasteiger partial charge on any atom is 0.367 e. The highest BCUT2D eigenvalue weighted by molar-refractivity contribution is 7.13. The molecule has 0 saturated carbocycles. The fourth-order valence-electron chi connectivity index (χ4n) is 1.91. The van der Waals surface area contributed by atoms with Crippen LogP contribution in [0.15, 0.2) is 23.2 Å². The highest BCUT2D eigenvalue weighted by Gasteiger charge is 2.16. The van der Waals surface area contributed by atoms with Gasteiger partial charge >= 0.3 is 11.9 Å². The molecule has 0 radical (unpaired) electrons. The van der Waals surface area contributed by atoms with E-state index >= 15 is 0 Å². The van der Waals surface area contributed by atoms with Crippen LogP contribution in [0.25, 0.3) is 10.6 Å². The van der Waals surface area contributed by atoms with E-state index < -0.39 is 11.9 Å². The van der Waals surface area contributed by atoms with E-state index in [2.05, 4.69) is 15.1 Å². The summed E-state index contributed by atoms with van der Waals surface area (Å²) in [6, 6.07) is 0. The zero-order valence-electron chi connectivity index (χ0n) is 13.5. The van der Waals surface area contributed by atoms with E-state index in [1.54, 1.807) is 28.6 Å². The molecule has 3 aromatic heterocycles. The van der Waals surface area contributed by atoms with Crippen LogP contribution in [0.4, 0.5) is 0 Å². The van der Waals surface area contributed by atoms with Crippen LogP contribution in [-0.4, -0.2) is 38.3 Å². The number of carbonyl (C=O) groups excluding carboxylic acids is 2. The Morgan fingerprint density at radius 2 is 2.00 bits per heavy atom. The van der Waals surface area contributed by atoms with Crippen LogP contribution in [-0.2, 0) is 23.1 Å². The third-order valence-corrected chi connectivity index (χ3v) is 4.78. The molecule has 130 valence electrons. The number of aromatic nitrogens is 4. The first kappa shape index (κ1) is 17.2. The monoisotopic (exact) mass is 378 g/mol. The molecular formula is C15H14N4O4S2. The van der Waals surface area contributed by atoms with Crippen molar-refractivity contribution in [1.82, 2.24) is 19.7 Å². The molecule has 0 atom stereocenters. The van der Waals surface area contributed by atoms with E-state index in [4.69, 9.17) is 9.47 Å². The Morgan fingerprint density at radius 3 is 2.72 bits per heavy atom. The Balaban J connectivity index is 1.60. The topological polar surface area (TPSA) is 96.2 Å². The molecule has 8 nitrogen and oxygen atoms in total. The van der Waals surface area contributed by atoms with E-state index in [1.807, 2.05) is 13.2 Å². The SMILES string of the molecule is CCOC(=O)c1nc(COC(=O)c2csc(-c3cnn(C)c3)n2)cs1. The quantitative estimate of drug-likeness (QED) is 0.608. The summed E-state index contributed by atoms with van der Waals surface area (Å²) in [5.74, 6) is -1.03. The van der Waals surface area contributed by atoms with Crippen molar-refractivity contribution in [3.63, 3.8) is 0 Å². The molecule has 25 heavy (non-hydrogen) atoms. The minimum atomic E-state index is -0.544. The van der Waals surface area contributed by atoms with Crippen molar-refractivity contribution in [1.29, 1.82) is 0 Å². The molecule has 0 aliphatic heterocycles. The molecule has 0 bridgehead atoms. The lowest BCUT2D eigenvalue weighted by Crippen LogP contribution is -2.07. The summed E-state index contributed by atoms with van der Waals surface area (Å²) in [4.78, 5) is 32.0. The number of rotatable bonds is 6. The number of ether oxygens (including phenoxy) is 2. The fraction of sp³-hybridized carbons (Fsp3) is 0.267. The predicted molar refractivity (Wildman–Crippen MR) is 91.5 cm³/mol. The van der Waals surface area contributed by atoms with Gasteiger partial charge in [-0.05, 0) is 6.92 Å². The lowest BCUT2D eigenvalue weighted by molar-refractivity contribution is 0.0462. The van der Waals surface area contributed by atoms with Crippen LogP contribution in [0.2, 0.25) is 0 Å². The number of hydrogen-bond acceptors (Lipinski definition) is 9. The lowest BCUT2D eigenvalue weighted by Gasteiger charge is -2.00. The summed E-state index contributed by atoms with van der Waals surface area (Å²) < 4.78 is 11.7. The molecule has 0 unspecified atom stereocenters. The molecule has 3 rings (SSSR count). The standard InChI is InChI=1S/C15H14N4O4S2/c1-3-22-15(21)13-17-10(7-24-13)6-23-14(20)11-8-25-12(18-11)9-4-16-19(2)5-9/h4-5,7-8H,3,6H2,1-2H3. The van der Waals surface area contributed by atoms with Crippen LogP contribution < -0.4 is 0 Å². The third kappa shape index (κ3) is 4.09. The van der Waals surface area contributed by atoms with Crippen LogP contribution in [0, 0.1) is 0 Å². The average molecular weight is 378 g/mol. The van der Waals surface area contributed by atoms with Crippen LogP contribution >= 0.6 is 22.7 Å². The minimum Gasteiger partial charge on any atom is -0.461 e. The Morgan fingerprint density at radius 1 is 1.16 bits per heavy atom. The van der Waals surface area contributed by atoms with Gasteiger partial charge in [0.25, 0.3) is 0 Å². The molecule has 3 aromatic rings. The fourth-order valence-corrected chi connectivity index (χ4v) is 3.36. The summed E-state index contributed by atoms with van der Waals surface area (Å²) in [6.07, 6.45) is 3.50. The van der Waals surface area contributed by atoms with Crippen molar-refractivity contribution in [2.45, 2.75) is 13.5 Å². The largest absolute Gasteiger partial charge is 0.461 e. The molecule has 0 fully saturated rings. The summed E-state index contributed by atoms with van der Waals surface area (Å²) in [6.45, 7) is 1.97. The second kappa shape index (κ2) is 7.53. The van der Waals surface area contributed by atoms with Gasteiger partial charge in [-0.25, -0.2) is 19.6 Å². The van der Waals surface area contributed by atoms with Crippen molar-refractivity contribution in [2.75, 3.05) is 6.61 Å². The molecule has 0 aromatic carbocycles. The zero-order chi connectivity index (χ0) is 17.8. The first-order valence-corrected chi connectivity index (χ1v) is 9.06. The maximum absolute atomic E-state index is 12.1. The van der Waals surface area contributed by atoms with E-state index in [-0.39, 0.29) is 23.9 Å². The van der Waals surface area contributed by atoms with E-state index in [9.17, 15) is 9.59 Å². The molecule has 0 saturated heterocycles. The third-order valence-electron chi connectivity index (χ3n) is 3.02. The normalized spacial score (nSPS) is 10.6. The van der Waals surface area contributed by atoms with Gasteiger partial charge in [0.1, 0.15) is 11.6 Å². The molecule has 0 N–H and O–H groups in total. The molecule has 10 heteroatoms. The van der Waals surface area contributed by atoms with Crippen LogP contribution in [0.3, 0.4) is 0 Å². The van der Waals surface area contributed by atoms with Crippen LogP contribution in [0.5, 0.6) is 0 Å². The predicted octanol–water partition coefficient (Wildman–Crippen LogP) is 2.53. The van der Waals surface area contributed by atoms with Gasteiger partial charge in [-0.3, -0.25) is 4.68 Å². The second-order valence-electron chi connectivity index (χ2n) is 4.88. The molecule has 0 aliphatic rings. The summed E-state index contributed by atoms with van der Waals surface area (Å²) in [5.41, 5.74) is 1.55. The van der Waals surface area contributed by atoms with Gasteiger partial charge in [-0.2, -0.15) is 5.10 Å². The highest BCUT2D eigenvalue weighted by atomic mass is 32.1. The average Bonchev–Trinajstić information content (AvgIpc) is 3.32. The number of nitrogens with zero attached hydrogens (tertiary/aromatic N) is 4. The van der Waals surface area contributed by atoms with Crippen molar-refractivity contribution in [3.05, 3.63) is 39.5 Å². The summed E-state index contributed by atoms with van der Waals surface area (Å²) >= 11 is 2.49. The van der Waals surface area contributed by atoms with E-state index in [1.165, 1.54) is 11.3 Å². The van der Waals surface area contributed by atoms with Crippen molar-refractivity contribution in [2.24, 2.45) is 7.05 Å². The highest BCUT2D eigenvalue weighted by Crippen LogP contribution is 2.23. The lowest BCUT2D eigenvalue weighted by atomic mass is 10.4. The first-order chi connectivity index (χ1) is 12.1. The van der Waals surface area contributed by atoms with Gasteiger partial charge in [0.15, 0.2) is 5.69 Å². The number of carbonyl (C=O) groups is 2.